The molecule has 0 fully saturated rings. The highest BCUT2D eigenvalue weighted by atomic mass is 16.3. The summed E-state index contributed by atoms with van der Waals surface area (Å²) in [7, 11) is 1.97. The SMILES string of the molecule is C[n+]1ccn(C[C@H](O)C(C)(C)C)c1. The molecule has 74 valence electrons. The average molecular weight is 183 g/mol. The molecule has 0 unspecified atom stereocenters. The Bertz CT molecular complexity index is 273. The van der Waals surface area contributed by atoms with Gasteiger partial charge in [-0.05, 0) is 5.41 Å². The second-order valence-corrected chi connectivity index (χ2v) is 4.66. The zero-order chi connectivity index (χ0) is 10.1. The first kappa shape index (κ1) is 10.3. The van der Waals surface area contributed by atoms with E-state index in [9.17, 15) is 5.11 Å². The smallest absolute Gasteiger partial charge is 0.243 e. The van der Waals surface area contributed by atoms with E-state index in [-0.39, 0.29) is 11.5 Å². The van der Waals surface area contributed by atoms with Crippen molar-refractivity contribution in [2.24, 2.45) is 12.5 Å². The molecule has 1 rings (SSSR count). The van der Waals surface area contributed by atoms with Crippen molar-refractivity contribution in [1.82, 2.24) is 4.57 Å². The molecule has 1 aromatic rings. The maximum absolute atomic E-state index is 9.82. The number of nitrogens with zero attached hydrogens (tertiary/aromatic N) is 2. The normalized spacial score (nSPS) is 14.5. The van der Waals surface area contributed by atoms with Gasteiger partial charge >= 0.3 is 0 Å². The largest absolute Gasteiger partial charge is 0.388 e. The Morgan fingerprint density at radius 1 is 1.46 bits per heavy atom. The van der Waals surface area contributed by atoms with Crippen molar-refractivity contribution >= 4 is 0 Å². The van der Waals surface area contributed by atoms with Crippen molar-refractivity contribution in [3.8, 4) is 0 Å². The molecule has 0 saturated carbocycles. The summed E-state index contributed by atoms with van der Waals surface area (Å²) in [5.41, 5.74) is -0.0527. The van der Waals surface area contributed by atoms with Gasteiger partial charge in [0.15, 0.2) is 0 Å². The van der Waals surface area contributed by atoms with Crippen molar-refractivity contribution in [3.05, 3.63) is 18.7 Å². The molecule has 0 aromatic carbocycles. The Morgan fingerprint density at radius 2 is 2.08 bits per heavy atom. The van der Waals surface area contributed by atoms with Crippen LogP contribution in [-0.4, -0.2) is 15.8 Å². The first-order chi connectivity index (χ1) is 5.89. The van der Waals surface area contributed by atoms with Gasteiger partial charge in [-0.1, -0.05) is 20.8 Å². The van der Waals surface area contributed by atoms with Crippen LogP contribution in [0.3, 0.4) is 0 Å². The van der Waals surface area contributed by atoms with Crippen LogP contribution in [0, 0.1) is 5.41 Å². The predicted octanol–water partition coefficient (Wildman–Crippen LogP) is 0.720. The van der Waals surface area contributed by atoms with E-state index in [1.165, 1.54) is 0 Å². The lowest BCUT2D eigenvalue weighted by molar-refractivity contribution is -0.671. The summed E-state index contributed by atoms with van der Waals surface area (Å²) in [6, 6.07) is 0. The lowest BCUT2D eigenvalue weighted by Gasteiger charge is -2.23. The number of aliphatic hydroxyl groups is 1. The first-order valence-electron chi connectivity index (χ1n) is 4.58. The topological polar surface area (TPSA) is 29.0 Å². The van der Waals surface area contributed by atoms with Crippen LogP contribution < -0.4 is 4.57 Å². The summed E-state index contributed by atoms with van der Waals surface area (Å²) >= 11 is 0. The third-order valence-corrected chi connectivity index (χ3v) is 2.21. The second-order valence-electron chi connectivity index (χ2n) is 4.66. The third kappa shape index (κ3) is 2.84. The van der Waals surface area contributed by atoms with Crippen LogP contribution in [0.1, 0.15) is 20.8 Å². The summed E-state index contributed by atoms with van der Waals surface area (Å²) < 4.78 is 3.96. The van der Waals surface area contributed by atoms with Crippen molar-refractivity contribution < 1.29 is 9.67 Å². The molecule has 0 bridgehead atoms. The monoisotopic (exact) mass is 183 g/mol. The van der Waals surface area contributed by atoms with E-state index in [1.54, 1.807) is 0 Å². The molecular weight excluding hydrogens is 164 g/mol. The molecule has 3 nitrogen and oxygen atoms in total. The number of imidazole rings is 1. The molecule has 0 radical (unpaired) electrons. The van der Waals surface area contributed by atoms with Gasteiger partial charge < -0.3 is 5.11 Å². The molecule has 1 N–H and O–H groups in total. The summed E-state index contributed by atoms with van der Waals surface area (Å²) in [5, 5.41) is 9.82. The number of aromatic nitrogens is 2. The fourth-order valence-electron chi connectivity index (χ4n) is 1.08. The molecule has 0 aliphatic carbocycles. The van der Waals surface area contributed by atoms with Crippen molar-refractivity contribution in [2.45, 2.75) is 33.4 Å². The van der Waals surface area contributed by atoms with Crippen LogP contribution >= 0.6 is 0 Å². The van der Waals surface area contributed by atoms with E-state index in [0.29, 0.717) is 6.54 Å². The Morgan fingerprint density at radius 3 is 2.46 bits per heavy atom. The Hall–Kier alpha value is -0.830. The maximum atomic E-state index is 9.82. The molecule has 3 heteroatoms. The Kier molecular flexibility index (Phi) is 2.76. The fourth-order valence-corrected chi connectivity index (χ4v) is 1.08. The van der Waals surface area contributed by atoms with Crippen LogP contribution in [0.15, 0.2) is 18.7 Å². The quantitative estimate of drug-likeness (QED) is 0.673. The highest BCUT2D eigenvalue weighted by Gasteiger charge is 2.24. The highest BCUT2D eigenvalue weighted by Crippen LogP contribution is 2.19. The van der Waals surface area contributed by atoms with Crippen LogP contribution in [0.5, 0.6) is 0 Å². The minimum atomic E-state index is -0.306. The zero-order valence-corrected chi connectivity index (χ0v) is 8.86. The van der Waals surface area contributed by atoms with Gasteiger partial charge in [-0.2, -0.15) is 0 Å². The number of hydrogen-bond acceptors (Lipinski definition) is 1. The van der Waals surface area contributed by atoms with Gasteiger partial charge in [-0.25, -0.2) is 9.13 Å². The molecule has 0 aliphatic rings. The molecule has 0 saturated heterocycles. The number of hydrogen-bond donors (Lipinski definition) is 1. The maximum Gasteiger partial charge on any atom is 0.243 e. The van der Waals surface area contributed by atoms with Gasteiger partial charge in [-0.3, -0.25) is 0 Å². The summed E-state index contributed by atoms with van der Waals surface area (Å²) in [6.45, 7) is 6.79. The summed E-state index contributed by atoms with van der Waals surface area (Å²) in [6.07, 6.45) is 5.60. The minimum Gasteiger partial charge on any atom is -0.388 e. The first-order valence-corrected chi connectivity index (χ1v) is 4.58. The number of aryl methyl sites for hydroxylation is 1. The van der Waals surface area contributed by atoms with Gasteiger partial charge in [0.25, 0.3) is 0 Å². The van der Waals surface area contributed by atoms with Crippen LogP contribution in [0.25, 0.3) is 0 Å². The van der Waals surface area contributed by atoms with Crippen molar-refractivity contribution in [2.75, 3.05) is 0 Å². The fraction of sp³-hybridized carbons (Fsp3) is 0.700. The summed E-state index contributed by atoms with van der Waals surface area (Å²) in [4.78, 5) is 0. The third-order valence-electron chi connectivity index (χ3n) is 2.21. The molecule has 1 atom stereocenters. The summed E-state index contributed by atoms with van der Waals surface area (Å²) in [5.74, 6) is 0. The molecule has 13 heavy (non-hydrogen) atoms. The van der Waals surface area contributed by atoms with Crippen molar-refractivity contribution in [1.29, 1.82) is 0 Å². The molecule has 1 heterocycles. The van der Waals surface area contributed by atoms with Gasteiger partial charge in [0.1, 0.15) is 18.9 Å². The van der Waals surface area contributed by atoms with E-state index in [1.807, 2.05) is 55.7 Å². The van der Waals surface area contributed by atoms with Gasteiger partial charge in [0.2, 0.25) is 6.33 Å². The van der Waals surface area contributed by atoms with Gasteiger partial charge in [0.05, 0.1) is 13.2 Å². The average Bonchev–Trinajstić information content (AvgIpc) is 2.33. The second kappa shape index (κ2) is 3.50. The van der Waals surface area contributed by atoms with E-state index in [2.05, 4.69) is 0 Å². The van der Waals surface area contributed by atoms with Crippen LogP contribution in [0.4, 0.5) is 0 Å². The Labute approximate surface area is 79.6 Å². The van der Waals surface area contributed by atoms with Crippen LogP contribution in [0.2, 0.25) is 0 Å². The van der Waals surface area contributed by atoms with E-state index in [0.717, 1.165) is 0 Å². The molecule has 1 aromatic heterocycles. The number of aliphatic hydroxyl groups excluding tert-OH is 1. The van der Waals surface area contributed by atoms with Gasteiger partial charge in [0, 0.05) is 0 Å². The lowest BCUT2D eigenvalue weighted by atomic mass is 9.89. The molecule has 0 spiro atoms. The lowest BCUT2D eigenvalue weighted by Crippen LogP contribution is -2.31. The molecular formula is C10H19N2O+. The zero-order valence-electron chi connectivity index (χ0n) is 8.86. The van der Waals surface area contributed by atoms with Crippen LogP contribution in [-0.2, 0) is 13.6 Å². The standard InChI is InChI=1S/C10H19N2O/c1-10(2,3)9(13)7-12-6-5-11(4)8-12/h5-6,8-9,13H,7H2,1-4H3/q+1/t9-/m0/s1. The van der Waals surface area contributed by atoms with E-state index in [4.69, 9.17) is 0 Å². The Balaban J connectivity index is 2.60. The van der Waals surface area contributed by atoms with E-state index < -0.39 is 0 Å². The van der Waals surface area contributed by atoms with Gasteiger partial charge in [-0.15, -0.1) is 0 Å². The molecule has 0 aliphatic heterocycles. The number of rotatable bonds is 2. The van der Waals surface area contributed by atoms with Crippen molar-refractivity contribution in [3.63, 3.8) is 0 Å². The van der Waals surface area contributed by atoms with E-state index >= 15 is 0 Å². The minimum absolute atomic E-state index is 0.0527. The molecule has 0 amide bonds. The predicted molar refractivity (Wildman–Crippen MR) is 51.1 cm³/mol. The highest BCUT2D eigenvalue weighted by molar-refractivity contribution is 4.76.